The van der Waals surface area contributed by atoms with Crippen molar-refractivity contribution in [2.75, 3.05) is 25.4 Å². The Labute approximate surface area is 93.1 Å². The third-order valence-corrected chi connectivity index (χ3v) is 4.31. The molecule has 0 aliphatic carbocycles. The largest absolute Gasteiger partial charge is 0.303 e. The summed E-state index contributed by atoms with van der Waals surface area (Å²) in [6, 6.07) is 0.156. The van der Waals surface area contributed by atoms with Crippen molar-refractivity contribution in [1.29, 1.82) is 0 Å². The highest BCUT2D eigenvalue weighted by molar-refractivity contribution is 7.89. The molecule has 15 heavy (non-hydrogen) atoms. The maximum Gasteiger partial charge on any atom is 0.211 e. The van der Waals surface area contributed by atoms with E-state index in [0.29, 0.717) is 0 Å². The second-order valence-corrected chi connectivity index (χ2v) is 6.18. The summed E-state index contributed by atoms with van der Waals surface area (Å²) >= 11 is 0. The Morgan fingerprint density at radius 2 is 1.87 bits per heavy atom. The Hall–Kier alpha value is -0.130. The number of nitrogens with one attached hydrogen (secondary N) is 1. The average Bonchev–Trinajstić information content (AvgIpc) is 2.21. The smallest absolute Gasteiger partial charge is 0.211 e. The van der Waals surface area contributed by atoms with Crippen LogP contribution in [-0.4, -0.2) is 44.7 Å². The first kappa shape index (κ1) is 12.9. The summed E-state index contributed by atoms with van der Waals surface area (Å²) < 4.78 is 25.5. The molecule has 90 valence electrons. The molecule has 0 spiro atoms. The average molecular weight is 234 g/mol. The second-order valence-electron chi connectivity index (χ2n) is 4.14. The summed E-state index contributed by atoms with van der Waals surface area (Å²) in [6.07, 6.45) is 3.06. The molecular formula is C10H22N2O2S. The van der Waals surface area contributed by atoms with E-state index in [2.05, 4.69) is 16.5 Å². The van der Waals surface area contributed by atoms with Crippen molar-refractivity contribution in [3.63, 3.8) is 0 Å². The highest BCUT2D eigenvalue weighted by Gasteiger charge is 2.21. The molecule has 0 aromatic carbocycles. The van der Waals surface area contributed by atoms with Crippen molar-refractivity contribution >= 4 is 10.0 Å². The Balaban J connectivity index is 2.32. The quantitative estimate of drug-likeness (QED) is 0.765. The normalized spacial score (nSPS) is 20.7. The van der Waals surface area contributed by atoms with E-state index < -0.39 is 10.0 Å². The van der Waals surface area contributed by atoms with Crippen molar-refractivity contribution in [2.24, 2.45) is 0 Å². The summed E-state index contributed by atoms with van der Waals surface area (Å²) in [5.41, 5.74) is 0. The summed E-state index contributed by atoms with van der Waals surface area (Å²) in [6.45, 7) is 7.02. The van der Waals surface area contributed by atoms with Gasteiger partial charge in [-0.2, -0.15) is 0 Å². The van der Waals surface area contributed by atoms with Crippen LogP contribution in [0.15, 0.2) is 0 Å². The second kappa shape index (κ2) is 5.82. The van der Waals surface area contributed by atoms with E-state index >= 15 is 0 Å². The van der Waals surface area contributed by atoms with Crippen LogP contribution in [0.2, 0.25) is 0 Å². The third kappa shape index (κ3) is 4.49. The molecule has 0 radical (unpaired) electrons. The van der Waals surface area contributed by atoms with Crippen LogP contribution in [0.3, 0.4) is 0 Å². The van der Waals surface area contributed by atoms with Gasteiger partial charge in [0.1, 0.15) is 0 Å². The summed E-state index contributed by atoms with van der Waals surface area (Å²) in [5.74, 6) is 0.183. The number of hydrogen-bond donors (Lipinski definition) is 1. The number of rotatable bonds is 5. The van der Waals surface area contributed by atoms with Crippen molar-refractivity contribution in [1.82, 2.24) is 9.62 Å². The van der Waals surface area contributed by atoms with Crippen molar-refractivity contribution in [2.45, 2.75) is 39.2 Å². The van der Waals surface area contributed by atoms with Crippen LogP contribution in [0.1, 0.15) is 33.1 Å². The highest BCUT2D eigenvalue weighted by atomic mass is 32.2. The van der Waals surface area contributed by atoms with Crippen molar-refractivity contribution in [3.8, 4) is 0 Å². The molecule has 0 aromatic heterocycles. The lowest BCUT2D eigenvalue weighted by atomic mass is 10.1. The number of sulfonamides is 1. The first-order valence-electron chi connectivity index (χ1n) is 5.79. The molecule has 4 nitrogen and oxygen atoms in total. The van der Waals surface area contributed by atoms with Crippen LogP contribution >= 0.6 is 0 Å². The number of piperidine rings is 1. The lowest BCUT2D eigenvalue weighted by Crippen LogP contribution is -2.45. The fraction of sp³-hybridized carbons (Fsp3) is 1.00. The molecule has 0 atom stereocenters. The third-order valence-electron chi connectivity index (χ3n) is 2.85. The molecule has 0 aromatic rings. The molecule has 0 unspecified atom stereocenters. The zero-order chi connectivity index (χ0) is 11.3. The van der Waals surface area contributed by atoms with Crippen molar-refractivity contribution < 1.29 is 8.42 Å². The number of likely N-dealkylation sites (tertiary alicyclic amines) is 1. The highest BCUT2D eigenvalue weighted by Crippen LogP contribution is 2.11. The van der Waals surface area contributed by atoms with Crippen LogP contribution in [-0.2, 0) is 10.0 Å². The van der Waals surface area contributed by atoms with Crippen LogP contribution in [0, 0.1) is 0 Å². The van der Waals surface area contributed by atoms with Gasteiger partial charge in [-0.1, -0.05) is 6.92 Å². The SMILES string of the molecule is CCCN1CCC(NS(=O)(=O)CC)CC1. The van der Waals surface area contributed by atoms with Gasteiger partial charge in [-0.3, -0.25) is 0 Å². The number of hydrogen-bond acceptors (Lipinski definition) is 3. The lowest BCUT2D eigenvalue weighted by molar-refractivity contribution is 0.208. The maximum atomic E-state index is 11.4. The Morgan fingerprint density at radius 1 is 1.27 bits per heavy atom. The van der Waals surface area contributed by atoms with Gasteiger partial charge in [-0.05, 0) is 45.8 Å². The van der Waals surface area contributed by atoms with Gasteiger partial charge in [0.2, 0.25) is 10.0 Å². The first-order chi connectivity index (χ1) is 7.07. The summed E-state index contributed by atoms with van der Waals surface area (Å²) in [4.78, 5) is 2.40. The van der Waals surface area contributed by atoms with E-state index in [1.54, 1.807) is 6.92 Å². The minimum Gasteiger partial charge on any atom is -0.303 e. The molecule has 0 saturated carbocycles. The molecule has 1 saturated heterocycles. The number of nitrogens with zero attached hydrogens (tertiary/aromatic N) is 1. The van der Waals surface area contributed by atoms with E-state index in [1.165, 1.54) is 6.42 Å². The van der Waals surface area contributed by atoms with Gasteiger partial charge in [0.05, 0.1) is 5.75 Å². The van der Waals surface area contributed by atoms with Crippen LogP contribution in [0.5, 0.6) is 0 Å². The van der Waals surface area contributed by atoms with Gasteiger partial charge in [0, 0.05) is 6.04 Å². The van der Waals surface area contributed by atoms with E-state index in [9.17, 15) is 8.42 Å². The Kier molecular flexibility index (Phi) is 5.02. The standard InChI is InChI=1S/C10H22N2O2S/c1-3-7-12-8-5-10(6-9-12)11-15(13,14)4-2/h10-11H,3-9H2,1-2H3. The molecule has 1 aliphatic rings. The fourth-order valence-electron chi connectivity index (χ4n) is 1.93. The first-order valence-corrected chi connectivity index (χ1v) is 7.45. The molecule has 0 amide bonds. The van der Waals surface area contributed by atoms with E-state index in [4.69, 9.17) is 0 Å². The lowest BCUT2D eigenvalue weighted by Gasteiger charge is -2.31. The molecular weight excluding hydrogens is 212 g/mol. The molecule has 1 heterocycles. The Morgan fingerprint density at radius 3 is 2.33 bits per heavy atom. The van der Waals surface area contributed by atoms with E-state index in [0.717, 1.165) is 32.5 Å². The van der Waals surface area contributed by atoms with Gasteiger partial charge in [-0.15, -0.1) is 0 Å². The predicted molar refractivity (Wildman–Crippen MR) is 62.3 cm³/mol. The topological polar surface area (TPSA) is 49.4 Å². The minimum atomic E-state index is -3.02. The van der Waals surface area contributed by atoms with E-state index in [-0.39, 0.29) is 11.8 Å². The van der Waals surface area contributed by atoms with Crippen LogP contribution < -0.4 is 4.72 Å². The molecule has 1 aliphatic heterocycles. The molecule has 0 bridgehead atoms. The Bertz CT molecular complexity index is 269. The molecule has 1 N–H and O–H groups in total. The maximum absolute atomic E-state index is 11.4. The zero-order valence-electron chi connectivity index (χ0n) is 9.70. The van der Waals surface area contributed by atoms with Gasteiger partial charge < -0.3 is 4.90 Å². The van der Waals surface area contributed by atoms with Crippen LogP contribution in [0.25, 0.3) is 0 Å². The zero-order valence-corrected chi connectivity index (χ0v) is 10.5. The van der Waals surface area contributed by atoms with Crippen LogP contribution in [0.4, 0.5) is 0 Å². The minimum absolute atomic E-state index is 0.156. The predicted octanol–water partition coefficient (Wildman–Crippen LogP) is 0.800. The van der Waals surface area contributed by atoms with Gasteiger partial charge in [-0.25, -0.2) is 13.1 Å². The molecule has 1 fully saturated rings. The summed E-state index contributed by atoms with van der Waals surface area (Å²) in [5, 5.41) is 0. The monoisotopic (exact) mass is 234 g/mol. The van der Waals surface area contributed by atoms with Gasteiger partial charge in [0.15, 0.2) is 0 Å². The molecule has 5 heteroatoms. The fourth-order valence-corrected chi connectivity index (χ4v) is 2.84. The van der Waals surface area contributed by atoms with Gasteiger partial charge in [0.25, 0.3) is 0 Å². The van der Waals surface area contributed by atoms with Crippen molar-refractivity contribution in [3.05, 3.63) is 0 Å². The van der Waals surface area contributed by atoms with E-state index in [1.807, 2.05) is 0 Å². The van der Waals surface area contributed by atoms with Gasteiger partial charge >= 0.3 is 0 Å². The summed E-state index contributed by atoms with van der Waals surface area (Å²) in [7, 11) is -3.02. The molecule has 1 rings (SSSR count).